The van der Waals surface area contributed by atoms with Gasteiger partial charge in [0.05, 0.1) is 32.3 Å². The number of carbonyl (C=O) groups excluding carboxylic acids is 1. The summed E-state index contributed by atoms with van der Waals surface area (Å²) in [5, 5.41) is 10.1. The Morgan fingerprint density at radius 3 is 2.18 bits per heavy atom. The second kappa shape index (κ2) is 9.00. The van der Waals surface area contributed by atoms with Crippen molar-refractivity contribution in [2.75, 3.05) is 26.8 Å². The predicted octanol–water partition coefficient (Wildman–Crippen LogP) is 3.84. The molecule has 1 amide bonds. The third kappa shape index (κ3) is 4.14. The summed E-state index contributed by atoms with van der Waals surface area (Å²) >= 11 is 0. The molecule has 5 heteroatoms. The third-order valence-electron chi connectivity index (χ3n) is 7.07. The van der Waals surface area contributed by atoms with Crippen LogP contribution >= 0.6 is 0 Å². The van der Waals surface area contributed by atoms with Crippen LogP contribution in [-0.4, -0.2) is 59.7 Å². The lowest BCUT2D eigenvalue weighted by Crippen LogP contribution is -2.72. The summed E-state index contributed by atoms with van der Waals surface area (Å²) in [4.78, 5) is 17.1. The zero-order valence-corrected chi connectivity index (χ0v) is 19.1. The van der Waals surface area contributed by atoms with E-state index in [2.05, 4.69) is 72.5 Å². The van der Waals surface area contributed by atoms with Crippen molar-refractivity contribution in [3.8, 4) is 16.9 Å². The Kier molecular flexibility index (Phi) is 5.92. The number of carbonyl (C=O) groups is 1. The molecule has 2 aliphatic heterocycles. The topological polar surface area (TPSA) is 53.0 Å². The summed E-state index contributed by atoms with van der Waals surface area (Å²) in [5.74, 6) is 1.10. The Morgan fingerprint density at radius 1 is 0.939 bits per heavy atom. The second-order valence-electron chi connectivity index (χ2n) is 9.15. The van der Waals surface area contributed by atoms with Crippen LogP contribution in [0.3, 0.4) is 0 Å². The van der Waals surface area contributed by atoms with Crippen molar-refractivity contribution >= 4 is 5.91 Å². The third-order valence-corrected chi connectivity index (χ3v) is 7.07. The van der Waals surface area contributed by atoms with Crippen LogP contribution in [0.1, 0.15) is 22.6 Å². The number of nitrogens with zero attached hydrogens (tertiary/aromatic N) is 2. The van der Waals surface area contributed by atoms with Gasteiger partial charge in [0.15, 0.2) is 0 Å². The first kappa shape index (κ1) is 21.7. The number of rotatable bonds is 6. The Labute approximate surface area is 195 Å². The number of ether oxygens (including phenoxy) is 1. The van der Waals surface area contributed by atoms with Gasteiger partial charge in [-0.15, -0.1) is 0 Å². The number of methoxy groups -OCH3 is 1. The maximum absolute atomic E-state index is 12.9. The molecule has 2 aliphatic rings. The van der Waals surface area contributed by atoms with Crippen molar-refractivity contribution in [3.05, 3.63) is 89.5 Å². The number of fused-ring (bicyclic) bond motifs is 1. The lowest BCUT2D eigenvalue weighted by molar-refractivity contribution is -0.162. The molecular weight excluding hydrogens is 412 g/mol. The second-order valence-corrected chi connectivity index (χ2v) is 9.15. The highest BCUT2D eigenvalue weighted by Gasteiger charge is 2.53. The first-order valence-electron chi connectivity index (χ1n) is 11.5. The van der Waals surface area contributed by atoms with Gasteiger partial charge in [-0.1, -0.05) is 66.2 Å². The number of hydrogen-bond donors (Lipinski definition) is 1. The van der Waals surface area contributed by atoms with E-state index in [1.807, 2.05) is 17.0 Å². The molecule has 5 rings (SSSR count). The van der Waals surface area contributed by atoms with E-state index in [0.29, 0.717) is 6.54 Å². The van der Waals surface area contributed by atoms with Gasteiger partial charge in [-0.3, -0.25) is 9.69 Å². The molecule has 2 fully saturated rings. The van der Waals surface area contributed by atoms with Crippen LogP contribution < -0.4 is 4.74 Å². The molecule has 2 heterocycles. The lowest BCUT2D eigenvalue weighted by Gasteiger charge is -2.59. The molecule has 3 atom stereocenters. The standard InChI is InChI=1S/C28H30N2O3/c1-19-3-5-20(6-4-19)15-29-16-25-28(26(18-31)30(25)27(32)17-29)23-9-7-21(8-10-23)22-11-13-24(33-2)14-12-22/h3-14,25-26,28,31H,15-18H2,1-2H3/t25-,26-,28+/m1/s1. The number of aliphatic hydroxyl groups is 1. The SMILES string of the molecule is COc1ccc(-c2ccc([C@@H]3[C@@H](CO)N4C(=O)CN(Cc5ccc(C)cc5)C[C@H]34)cc2)cc1. The summed E-state index contributed by atoms with van der Waals surface area (Å²) in [6.45, 7) is 4.07. The van der Waals surface area contributed by atoms with E-state index in [9.17, 15) is 9.90 Å². The van der Waals surface area contributed by atoms with E-state index < -0.39 is 0 Å². The zero-order chi connectivity index (χ0) is 22.9. The molecule has 2 saturated heterocycles. The number of benzene rings is 3. The van der Waals surface area contributed by atoms with Crippen molar-refractivity contribution in [1.82, 2.24) is 9.80 Å². The van der Waals surface area contributed by atoms with Gasteiger partial charge in [0.25, 0.3) is 0 Å². The van der Waals surface area contributed by atoms with Crippen molar-refractivity contribution in [2.24, 2.45) is 0 Å². The minimum Gasteiger partial charge on any atom is -0.497 e. The van der Waals surface area contributed by atoms with Crippen LogP contribution in [0.4, 0.5) is 0 Å². The van der Waals surface area contributed by atoms with Gasteiger partial charge in [0.1, 0.15) is 5.75 Å². The molecule has 1 N–H and O–H groups in total. The summed E-state index contributed by atoms with van der Waals surface area (Å²) in [6, 6.07) is 25.0. The molecular formula is C28H30N2O3. The molecule has 0 aliphatic carbocycles. The van der Waals surface area contributed by atoms with E-state index in [0.717, 1.165) is 30.0 Å². The molecule has 33 heavy (non-hydrogen) atoms. The van der Waals surface area contributed by atoms with Crippen LogP contribution in [0, 0.1) is 6.92 Å². The molecule has 0 saturated carbocycles. The summed E-state index contributed by atoms with van der Waals surface area (Å²) in [5.41, 5.74) is 5.91. The zero-order valence-electron chi connectivity index (χ0n) is 19.1. The van der Waals surface area contributed by atoms with Gasteiger partial charge in [0.2, 0.25) is 5.91 Å². The van der Waals surface area contributed by atoms with E-state index in [1.54, 1.807) is 7.11 Å². The van der Waals surface area contributed by atoms with Crippen molar-refractivity contribution < 1.29 is 14.6 Å². The van der Waals surface area contributed by atoms with E-state index >= 15 is 0 Å². The summed E-state index contributed by atoms with van der Waals surface area (Å²) in [6.07, 6.45) is 0. The summed E-state index contributed by atoms with van der Waals surface area (Å²) < 4.78 is 5.25. The van der Waals surface area contributed by atoms with Gasteiger partial charge in [0, 0.05) is 19.0 Å². The molecule has 0 unspecified atom stereocenters. The van der Waals surface area contributed by atoms with Gasteiger partial charge in [-0.05, 0) is 41.3 Å². The fourth-order valence-electron chi connectivity index (χ4n) is 5.32. The Bertz CT molecular complexity index is 1110. The predicted molar refractivity (Wildman–Crippen MR) is 129 cm³/mol. The lowest BCUT2D eigenvalue weighted by atomic mass is 9.73. The molecule has 0 bridgehead atoms. The average molecular weight is 443 g/mol. The molecule has 0 aromatic heterocycles. The van der Waals surface area contributed by atoms with E-state index in [4.69, 9.17) is 4.74 Å². The van der Waals surface area contributed by atoms with Crippen LogP contribution in [0.25, 0.3) is 11.1 Å². The first-order valence-corrected chi connectivity index (χ1v) is 11.5. The quantitative estimate of drug-likeness (QED) is 0.630. The summed E-state index contributed by atoms with van der Waals surface area (Å²) in [7, 11) is 1.67. The highest BCUT2D eigenvalue weighted by Crippen LogP contribution is 2.43. The van der Waals surface area contributed by atoms with Crippen LogP contribution in [-0.2, 0) is 11.3 Å². The molecule has 0 radical (unpaired) electrons. The number of aliphatic hydroxyl groups excluding tert-OH is 1. The fraction of sp³-hybridized carbons (Fsp3) is 0.321. The molecule has 3 aromatic carbocycles. The average Bonchev–Trinajstić information content (AvgIpc) is 2.83. The van der Waals surface area contributed by atoms with Crippen LogP contribution in [0.5, 0.6) is 5.75 Å². The molecule has 3 aromatic rings. The maximum atomic E-state index is 12.9. The molecule has 0 spiro atoms. The molecule has 5 nitrogen and oxygen atoms in total. The highest BCUT2D eigenvalue weighted by atomic mass is 16.5. The van der Waals surface area contributed by atoms with Gasteiger partial charge < -0.3 is 14.7 Å². The van der Waals surface area contributed by atoms with Crippen LogP contribution in [0.15, 0.2) is 72.8 Å². The maximum Gasteiger partial charge on any atom is 0.237 e. The van der Waals surface area contributed by atoms with Crippen molar-refractivity contribution in [2.45, 2.75) is 31.5 Å². The monoisotopic (exact) mass is 442 g/mol. The van der Waals surface area contributed by atoms with Gasteiger partial charge in [-0.25, -0.2) is 0 Å². The minimum atomic E-state index is -0.143. The fourth-order valence-corrected chi connectivity index (χ4v) is 5.32. The van der Waals surface area contributed by atoms with Crippen molar-refractivity contribution in [1.29, 1.82) is 0 Å². The van der Waals surface area contributed by atoms with E-state index in [-0.39, 0.29) is 30.5 Å². The first-order chi connectivity index (χ1) is 16.1. The number of amides is 1. The Hall–Kier alpha value is -3.15. The normalized spacial score (nSPS) is 22.6. The highest BCUT2D eigenvalue weighted by molar-refractivity contribution is 5.81. The number of aryl methyl sites for hydroxylation is 1. The van der Waals surface area contributed by atoms with Gasteiger partial charge >= 0.3 is 0 Å². The molecule has 170 valence electrons. The van der Waals surface area contributed by atoms with Crippen LogP contribution in [0.2, 0.25) is 0 Å². The Morgan fingerprint density at radius 2 is 1.58 bits per heavy atom. The minimum absolute atomic E-state index is 0.00883. The largest absolute Gasteiger partial charge is 0.497 e. The smallest absolute Gasteiger partial charge is 0.237 e. The number of piperazine rings is 1. The van der Waals surface area contributed by atoms with Gasteiger partial charge in [-0.2, -0.15) is 0 Å². The van der Waals surface area contributed by atoms with E-state index in [1.165, 1.54) is 16.7 Å². The number of hydrogen-bond acceptors (Lipinski definition) is 4. The Balaban J connectivity index is 1.33. The van der Waals surface area contributed by atoms with Crippen molar-refractivity contribution in [3.63, 3.8) is 0 Å².